The van der Waals surface area contributed by atoms with Crippen LogP contribution in [-0.4, -0.2) is 12.1 Å². The fraction of sp³-hybridized carbons (Fsp3) is 0.286. The molecule has 6 nitrogen and oxygen atoms in total. The van der Waals surface area contributed by atoms with Crippen molar-refractivity contribution in [2.75, 3.05) is 10.6 Å². The lowest BCUT2D eigenvalue weighted by Crippen LogP contribution is -2.45. The van der Waals surface area contributed by atoms with Crippen molar-refractivity contribution in [3.8, 4) is 0 Å². The van der Waals surface area contributed by atoms with Crippen LogP contribution in [0.4, 0.5) is 47.3 Å². The Labute approximate surface area is 247 Å². The molecule has 0 aliphatic heterocycles. The van der Waals surface area contributed by atoms with Gasteiger partial charge in [0.2, 0.25) is 0 Å². The molecule has 0 saturated heterocycles. The highest BCUT2D eigenvalue weighted by atomic mass is 35.5. The Morgan fingerprint density at radius 1 is 0.571 bits per heavy atom. The van der Waals surface area contributed by atoms with Gasteiger partial charge >= 0.3 is 24.4 Å². The lowest BCUT2D eigenvalue weighted by Gasteiger charge is -2.31. The predicted octanol–water partition coefficient (Wildman–Crippen LogP) is 9.14. The summed E-state index contributed by atoms with van der Waals surface area (Å²) in [7, 11) is 0. The predicted molar refractivity (Wildman–Crippen MR) is 150 cm³/mol. The minimum absolute atomic E-state index is 0.0875. The summed E-state index contributed by atoms with van der Waals surface area (Å²) >= 11 is 11.9. The van der Waals surface area contributed by atoms with Crippen LogP contribution in [0.2, 0.25) is 10.0 Å². The number of carbonyl (C=O) groups excluding carboxylic acids is 2. The van der Waals surface area contributed by atoms with Gasteiger partial charge in [-0.25, -0.2) is 9.59 Å². The van der Waals surface area contributed by atoms with E-state index in [0.29, 0.717) is 11.1 Å². The monoisotopic (exact) mass is 634 g/mol. The quantitative estimate of drug-likeness (QED) is 0.204. The average Bonchev–Trinajstić information content (AvgIpc) is 2.84. The highest BCUT2D eigenvalue weighted by molar-refractivity contribution is 6.34. The molecule has 0 spiro atoms. The number of halogens is 8. The fourth-order valence-electron chi connectivity index (χ4n) is 3.91. The van der Waals surface area contributed by atoms with E-state index < -0.39 is 46.6 Å². The van der Waals surface area contributed by atoms with Gasteiger partial charge in [0.25, 0.3) is 0 Å². The third-order valence-electron chi connectivity index (χ3n) is 6.24. The van der Waals surface area contributed by atoms with Gasteiger partial charge < -0.3 is 21.3 Å². The van der Waals surface area contributed by atoms with Crippen molar-refractivity contribution in [1.29, 1.82) is 0 Å². The van der Waals surface area contributed by atoms with Crippen LogP contribution in [0, 0.1) is 0 Å². The van der Waals surface area contributed by atoms with Crippen molar-refractivity contribution in [3.63, 3.8) is 0 Å². The van der Waals surface area contributed by atoms with Crippen LogP contribution >= 0.6 is 23.2 Å². The van der Waals surface area contributed by atoms with Crippen LogP contribution < -0.4 is 21.3 Å². The van der Waals surface area contributed by atoms with Crippen molar-refractivity contribution < 1.29 is 35.9 Å². The van der Waals surface area contributed by atoms with Crippen LogP contribution in [0.3, 0.4) is 0 Å². The maximum Gasteiger partial charge on any atom is 0.416 e. The number of urea groups is 2. The Morgan fingerprint density at radius 2 is 0.929 bits per heavy atom. The zero-order valence-corrected chi connectivity index (χ0v) is 24.1. The zero-order chi connectivity index (χ0) is 31.7. The molecule has 4 amide bonds. The molecule has 0 saturated carbocycles. The Bertz CT molecular complexity index is 1380. The van der Waals surface area contributed by atoms with Crippen molar-refractivity contribution in [3.05, 3.63) is 93.0 Å². The molecular formula is C28H26Cl2F6N4O2. The van der Waals surface area contributed by atoms with E-state index in [0.717, 1.165) is 36.4 Å². The van der Waals surface area contributed by atoms with Gasteiger partial charge in [0.05, 0.1) is 43.6 Å². The number of carbonyl (C=O) groups is 2. The summed E-state index contributed by atoms with van der Waals surface area (Å²) < 4.78 is 78.5. The number of rotatable bonds is 6. The van der Waals surface area contributed by atoms with Crippen molar-refractivity contribution >= 4 is 46.6 Å². The van der Waals surface area contributed by atoms with Gasteiger partial charge in [-0.3, -0.25) is 0 Å². The van der Waals surface area contributed by atoms with E-state index in [9.17, 15) is 35.9 Å². The van der Waals surface area contributed by atoms with Gasteiger partial charge in [-0.05, 0) is 75.2 Å². The van der Waals surface area contributed by atoms with Gasteiger partial charge in [-0.1, -0.05) is 47.5 Å². The molecule has 0 aromatic heterocycles. The van der Waals surface area contributed by atoms with Crippen LogP contribution in [0.25, 0.3) is 0 Å². The minimum atomic E-state index is -4.63. The third-order valence-corrected chi connectivity index (χ3v) is 6.90. The van der Waals surface area contributed by atoms with Gasteiger partial charge in [-0.15, -0.1) is 0 Å². The molecule has 3 rings (SSSR count). The van der Waals surface area contributed by atoms with E-state index in [1.165, 1.54) is 0 Å². The van der Waals surface area contributed by atoms with Crippen LogP contribution in [0.1, 0.15) is 49.9 Å². The second-order valence-electron chi connectivity index (χ2n) is 10.4. The van der Waals surface area contributed by atoms with E-state index in [2.05, 4.69) is 21.3 Å². The number of nitrogens with one attached hydrogen (secondary N) is 4. The summed E-state index contributed by atoms with van der Waals surface area (Å²) in [6.07, 6.45) is -9.26. The molecule has 0 bridgehead atoms. The Balaban J connectivity index is 1.74. The van der Waals surface area contributed by atoms with Crippen LogP contribution in [-0.2, 0) is 23.4 Å². The highest BCUT2D eigenvalue weighted by Gasteiger charge is 2.33. The summed E-state index contributed by atoms with van der Waals surface area (Å²) in [5.41, 5.74) is -3.40. The smallest absolute Gasteiger partial charge is 0.329 e. The summed E-state index contributed by atoms with van der Waals surface area (Å²) in [5.74, 6) is 0. The maximum absolute atomic E-state index is 13.1. The number of benzene rings is 3. The van der Waals surface area contributed by atoms with Crippen molar-refractivity contribution in [2.45, 2.75) is 51.1 Å². The lowest BCUT2D eigenvalue weighted by atomic mass is 9.87. The first-order valence-electron chi connectivity index (χ1n) is 12.2. The van der Waals surface area contributed by atoms with E-state index >= 15 is 0 Å². The number of hydrogen-bond donors (Lipinski definition) is 4. The standard InChI is InChI=1S/C28H26Cl2F6N4O2/c1-25(2,39-23(41)37-21-13-17(27(31,32)33)8-10-19(21)29)15-6-5-7-16(12-15)26(3,4)40-24(42)38-22-14-18(28(34,35)36)9-11-20(22)30/h5-14H,1-4H3,(H2,37,39,41)(H2,38,40,42). The first-order valence-corrected chi connectivity index (χ1v) is 13.0. The average molecular weight is 635 g/mol. The fourth-order valence-corrected chi connectivity index (χ4v) is 4.24. The molecule has 0 aliphatic carbocycles. The zero-order valence-electron chi connectivity index (χ0n) is 22.6. The summed E-state index contributed by atoms with van der Waals surface area (Å²) in [5, 5.41) is 9.86. The molecule has 0 atom stereocenters. The first kappa shape index (κ1) is 32.9. The molecule has 14 heteroatoms. The van der Waals surface area contributed by atoms with E-state index in [4.69, 9.17) is 23.2 Å². The maximum atomic E-state index is 13.1. The van der Waals surface area contributed by atoms with Crippen LogP contribution in [0.15, 0.2) is 60.7 Å². The largest absolute Gasteiger partial charge is 0.416 e. The highest BCUT2D eigenvalue weighted by Crippen LogP contribution is 2.35. The molecule has 3 aromatic carbocycles. The summed E-state index contributed by atoms with van der Waals surface area (Å²) in [6.45, 7) is 6.62. The van der Waals surface area contributed by atoms with Crippen molar-refractivity contribution in [1.82, 2.24) is 10.6 Å². The van der Waals surface area contributed by atoms with Crippen molar-refractivity contribution in [2.24, 2.45) is 0 Å². The number of amides is 4. The van der Waals surface area contributed by atoms with E-state index in [1.54, 1.807) is 52.0 Å². The third kappa shape index (κ3) is 8.22. The van der Waals surface area contributed by atoms with Gasteiger partial charge in [0.15, 0.2) is 0 Å². The number of alkyl halides is 6. The molecule has 0 radical (unpaired) electrons. The molecule has 0 unspecified atom stereocenters. The Hall–Kier alpha value is -3.64. The Morgan fingerprint density at radius 3 is 1.26 bits per heavy atom. The molecule has 226 valence electrons. The molecule has 42 heavy (non-hydrogen) atoms. The number of anilines is 2. The number of hydrogen-bond acceptors (Lipinski definition) is 2. The second kappa shape index (κ2) is 11.9. The van der Waals surface area contributed by atoms with Gasteiger partial charge in [-0.2, -0.15) is 26.3 Å². The summed E-state index contributed by atoms with van der Waals surface area (Å²) in [4.78, 5) is 25.4. The van der Waals surface area contributed by atoms with Gasteiger partial charge in [0.1, 0.15) is 0 Å². The Kier molecular flexibility index (Phi) is 9.33. The normalized spacial score (nSPS) is 12.5. The summed E-state index contributed by atoms with van der Waals surface area (Å²) in [6, 6.07) is 10.2. The minimum Gasteiger partial charge on any atom is -0.329 e. The molecule has 0 aliphatic rings. The molecule has 0 fully saturated rings. The lowest BCUT2D eigenvalue weighted by molar-refractivity contribution is -0.138. The van der Waals surface area contributed by atoms with E-state index in [-0.39, 0.29) is 21.4 Å². The first-order chi connectivity index (χ1) is 19.2. The molecule has 0 heterocycles. The van der Waals surface area contributed by atoms with Gasteiger partial charge in [0, 0.05) is 0 Å². The topological polar surface area (TPSA) is 82.3 Å². The molecular weight excluding hydrogens is 609 g/mol. The second-order valence-corrected chi connectivity index (χ2v) is 11.2. The van der Waals surface area contributed by atoms with Crippen LogP contribution in [0.5, 0.6) is 0 Å². The molecule has 3 aromatic rings. The SMILES string of the molecule is CC(C)(NC(=O)Nc1cc(C(F)(F)F)ccc1Cl)c1cccc(C(C)(C)NC(=O)Nc2cc(C(F)(F)F)ccc2Cl)c1. The molecule has 4 N–H and O–H groups in total. The van der Waals surface area contributed by atoms with E-state index in [1.807, 2.05) is 0 Å².